The third-order valence-corrected chi connectivity index (χ3v) is 5.49. The smallest absolute Gasteiger partial charge is 0.277 e. The first-order valence-corrected chi connectivity index (χ1v) is 8.54. The van der Waals surface area contributed by atoms with Crippen LogP contribution >= 0.6 is 12.4 Å². The first-order valence-electron chi connectivity index (χ1n) is 7.10. The number of rotatable bonds is 5. The summed E-state index contributed by atoms with van der Waals surface area (Å²) in [5.74, 6) is -4.82. The molecule has 0 fully saturated rings. The van der Waals surface area contributed by atoms with Gasteiger partial charge in [0.15, 0.2) is 0 Å². The summed E-state index contributed by atoms with van der Waals surface area (Å²) in [6, 6.07) is 2.84. The van der Waals surface area contributed by atoms with Gasteiger partial charge in [-0.15, -0.1) is 12.4 Å². The zero-order valence-electron chi connectivity index (χ0n) is 13.5. The maximum atomic E-state index is 13.1. The van der Waals surface area contributed by atoms with E-state index >= 15 is 0 Å². The summed E-state index contributed by atoms with van der Waals surface area (Å²) in [6.45, 7) is 1.20. The van der Waals surface area contributed by atoms with Crippen molar-refractivity contribution in [3.8, 4) is 0 Å². The Morgan fingerprint density at radius 3 is 2.48 bits per heavy atom. The highest BCUT2D eigenvalue weighted by atomic mass is 35.5. The molecule has 0 aliphatic carbocycles. The zero-order chi connectivity index (χ0) is 18.3. The molecule has 1 aromatic carbocycles. The Balaban J connectivity index is 0.00000312. The summed E-state index contributed by atoms with van der Waals surface area (Å²) < 4.78 is 51.7. The molecule has 0 saturated heterocycles. The molecule has 25 heavy (non-hydrogen) atoms. The number of fused-ring (bicyclic) bond motifs is 1. The number of carbonyl (C=O) groups is 2. The summed E-state index contributed by atoms with van der Waals surface area (Å²) in [5, 5.41) is 1.99. The Morgan fingerprint density at radius 2 is 1.96 bits per heavy atom. The van der Waals surface area contributed by atoms with Crippen molar-refractivity contribution >= 4 is 34.2 Å². The van der Waals surface area contributed by atoms with Crippen LogP contribution in [-0.4, -0.2) is 49.6 Å². The van der Waals surface area contributed by atoms with E-state index in [2.05, 4.69) is 0 Å². The molecule has 140 valence electrons. The minimum Gasteiger partial charge on any atom is -0.346 e. The van der Waals surface area contributed by atoms with Crippen LogP contribution in [0, 0.1) is 0 Å². The molecular weight excluding hydrogens is 380 g/mol. The van der Waals surface area contributed by atoms with Crippen LogP contribution in [0.15, 0.2) is 23.1 Å². The Bertz CT molecular complexity index is 799. The molecule has 11 heteroatoms. The van der Waals surface area contributed by atoms with Gasteiger partial charge >= 0.3 is 0 Å². The Kier molecular flexibility index (Phi) is 6.14. The molecule has 2 rings (SSSR count). The number of sulfonamides is 1. The van der Waals surface area contributed by atoms with Crippen LogP contribution in [0.5, 0.6) is 0 Å². The Morgan fingerprint density at radius 1 is 1.36 bits per heavy atom. The lowest BCUT2D eigenvalue weighted by molar-refractivity contribution is 0.0118. The number of nitrogens with one attached hydrogen (secondary N) is 1. The van der Waals surface area contributed by atoms with Gasteiger partial charge in [0, 0.05) is 11.6 Å². The number of hydrogen-bond donors (Lipinski definition) is 2. The van der Waals surface area contributed by atoms with Crippen LogP contribution in [-0.2, 0) is 10.0 Å². The van der Waals surface area contributed by atoms with Crippen LogP contribution < -0.4 is 11.1 Å². The normalized spacial score (nSPS) is 15.8. The number of nitrogens with two attached hydrogens (primary N) is 1. The van der Waals surface area contributed by atoms with Gasteiger partial charge in [0.25, 0.3) is 27.8 Å². The monoisotopic (exact) mass is 397 g/mol. The summed E-state index contributed by atoms with van der Waals surface area (Å²) in [6.07, 6.45) is 0. The van der Waals surface area contributed by atoms with E-state index in [0.29, 0.717) is 0 Å². The number of hydrogen-bond acceptors (Lipinski definition) is 5. The van der Waals surface area contributed by atoms with Gasteiger partial charge in [-0.2, -0.15) is 0 Å². The third kappa shape index (κ3) is 3.91. The van der Waals surface area contributed by atoms with Crippen molar-refractivity contribution in [1.82, 2.24) is 9.62 Å². The van der Waals surface area contributed by atoms with Crippen molar-refractivity contribution in [2.45, 2.75) is 30.7 Å². The van der Waals surface area contributed by atoms with Gasteiger partial charge < -0.3 is 11.1 Å². The van der Waals surface area contributed by atoms with Crippen molar-refractivity contribution in [3.05, 3.63) is 29.3 Å². The van der Waals surface area contributed by atoms with E-state index in [-0.39, 0.29) is 28.4 Å². The quantitative estimate of drug-likeness (QED) is 0.769. The number of halogens is 3. The van der Waals surface area contributed by atoms with Gasteiger partial charge in [0.05, 0.1) is 18.7 Å². The van der Waals surface area contributed by atoms with Crippen LogP contribution in [0.2, 0.25) is 0 Å². The molecule has 1 aliphatic heterocycles. The van der Waals surface area contributed by atoms with E-state index in [4.69, 9.17) is 5.73 Å². The minimum absolute atomic E-state index is 0. The van der Waals surface area contributed by atoms with E-state index in [0.717, 1.165) is 10.4 Å². The van der Waals surface area contributed by atoms with Gasteiger partial charge in [-0.05, 0) is 32.0 Å². The Hall–Kier alpha value is -1.78. The second-order valence-corrected chi connectivity index (χ2v) is 7.44. The molecule has 2 amide bonds. The minimum atomic E-state index is -4.06. The van der Waals surface area contributed by atoms with Gasteiger partial charge in [0.2, 0.25) is 0 Å². The largest absolute Gasteiger partial charge is 0.346 e. The van der Waals surface area contributed by atoms with E-state index in [1.807, 2.05) is 5.32 Å². The van der Waals surface area contributed by atoms with Crippen molar-refractivity contribution < 1.29 is 26.8 Å². The number of nitrogens with zero attached hydrogens (tertiary/aromatic N) is 1. The molecule has 0 atom stereocenters. The van der Waals surface area contributed by atoms with Crippen molar-refractivity contribution in [2.75, 3.05) is 13.1 Å². The Labute approximate surface area is 150 Å². The molecule has 1 aromatic rings. The highest BCUT2D eigenvalue weighted by molar-refractivity contribution is 7.90. The summed E-state index contributed by atoms with van der Waals surface area (Å²) in [5.41, 5.74) is 4.69. The first kappa shape index (κ1) is 21.3. The lowest BCUT2D eigenvalue weighted by atomic mass is 10.1. The van der Waals surface area contributed by atoms with Gasteiger partial charge in [-0.3, -0.25) is 9.59 Å². The number of amides is 2. The highest BCUT2D eigenvalue weighted by Gasteiger charge is 2.43. The second-order valence-electron chi connectivity index (χ2n) is 5.65. The molecule has 1 aliphatic rings. The topological polar surface area (TPSA) is 110 Å². The molecule has 1 heterocycles. The third-order valence-electron chi connectivity index (χ3n) is 3.49. The molecule has 0 unspecified atom stereocenters. The first-order chi connectivity index (χ1) is 11.0. The van der Waals surface area contributed by atoms with Crippen LogP contribution in [0.25, 0.3) is 0 Å². The molecule has 0 radical (unpaired) electrons. The zero-order valence-corrected chi connectivity index (χ0v) is 15.1. The van der Waals surface area contributed by atoms with E-state index in [9.17, 15) is 26.8 Å². The summed E-state index contributed by atoms with van der Waals surface area (Å²) >= 11 is 0. The van der Waals surface area contributed by atoms with E-state index in [1.54, 1.807) is 13.8 Å². The average Bonchev–Trinajstić information content (AvgIpc) is 2.71. The fourth-order valence-corrected chi connectivity index (χ4v) is 4.08. The predicted octanol–water partition coefficient (Wildman–Crippen LogP) is 0.985. The highest BCUT2D eigenvalue weighted by Crippen LogP contribution is 2.32. The molecule has 7 nitrogen and oxygen atoms in total. The second kappa shape index (κ2) is 7.22. The fourth-order valence-electron chi connectivity index (χ4n) is 2.28. The molecule has 3 N–H and O–H groups in total. The van der Waals surface area contributed by atoms with E-state index in [1.165, 1.54) is 12.1 Å². The maximum Gasteiger partial charge on any atom is 0.277 e. The lowest BCUT2D eigenvalue weighted by Gasteiger charge is -2.18. The summed E-state index contributed by atoms with van der Waals surface area (Å²) in [7, 11) is -4.06. The van der Waals surface area contributed by atoms with Crippen LogP contribution in [0.1, 0.15) is 34.6 Å². The van der Waals surface area contributed by atoms with Gasteiger partial charge in [-0.1, -0.05) is 0 Å². The molecule has 0 spiro atoms. The van der Waals surface area contributed by atoms with Gasteiger partial charge in [-0.25, -0.2) is 21.5 Å². The van der Waals surface area contributed by atoms with Crippen molar-refractivity contribution in [3.63, 3.8) is 0 Å². The molecule has 0 aromatic heterocycles. The number of carbonyl (C=O) groups excluding carboxylic acids is 2. The predicted molar refractivity (Wildman–Crippen MR) is 88.5 cm³/mol. The molecular formula is C14H18ClF2N3O4S. The SMILES string of the molecule is CC(C)N1C(=O)c2ccc(C(=O)NCC(F)(F)CN)cc2S1(=O)=O.Cl. The molecule has 0 bridgehead atoms. The van der Waals surface area contributed by atoms with Crippen molar-refractivity contribution in [1.29, 1.82) is 0 Å². The van der Waals surface area contributed by atoms with Gasteiger partial charge in [0.1, 0.15) is 4.90 Å². The fraction of sp³-hybridized carbons (Fsp3) is 0.429. The maximum absolute atomic E-state index is 13.1. The molecule has 0 saturated carbocycles. The number of alkyl halides is 2. The number of benzene rings is 1. The van der Waals surface area contributed by atoms with Crippen LogP contribution in [0.3, 0.4) is 0 Å². The average molecular weight is 398 g/mol. The van der Waals surface area contributed by atoms with E-state index < -0.39 is 46.9 Å². The van der Waals surface area contributed by atoms with Crippen LogP contribution in [0.4, 0.5) is 8.78 Å². The lowest BCUT2D eigenvalue weighted by Crippen LogP contribution is -2.41. The van der Waals surface area contributed by atoms with Crippen molar-refractivity contribution in [2.24, 2.45) is 5.73 Å². The summed E-state index contributed by atoms with van der Waals surface area (Å²) in [4.78, 5) is 23.8. The standard InChI is InChI=1S/C14H17F2N3O4S.ClH/c1-8(2)19-13(21)10-4-3-9(5-11(10)24(19,22)23)12(20)18-7-14(15,16)6-17;/h3-5,8H,6-7,17H2,1-2H3,(H,18,20);1H.